The summed E-state index contributed by atoms with van der Waals surface area (Å²) in [6.07, 6.45) is -0.0194. The van der Waals surface area contributed by atoms with Gasteiger partial charge in [0.2, 0.25) is 11.0 Å². The zero-order valence-electron chi connectivity index (χ0n) is 14.1. The minimum absolute atomic E-state index is 0.0194. The van der Waals surface area contributed by atoms with E-state index in [-0.39, 0.29) is 17.8 Å². The quantitative estimate of drug-likeness (QED) is 0.669. The molecule has 1 saturated heterocycles. The summed E-state index contributed by atoms with van der Waals surface area (Å²) in [5.74, 6) is 0.229. The van der Waals surface area contributed by atoms with E-state index in [0.717, 1.165) is 24.7 Å². The largest absolute Gasteiger partial charge is 0.374 e. The van der Waals surface area contributed by atoms with Crippen molar-refractivity contribution in [3.05, 3.63) is 34.9 Å². The van der Waals surface area contributed by atoms with Crippen LogP contribution in [0.25, 0.3) is 0 Å². The predicted octanol–water partition coefficient (Wildman–Crippen LogP) is 1.88. The summed E-state index contributed by atoms with van der Waals surface area (Å²) in [5.41, 5.74) is 6.70. The van der Waals surface area contributed by atoms with Gasteiger partial charge in [-0.3, -0.25) is 9.69 Å². The molecule has 2 aromatic rings. The number of rotatable bonds is 7. The van der Waals surface area contributed by atoms with E-state index in [0.29, 0.717) is 22.6 Å². The zero-order valence-corrected chi connectivity index (χ0v) is 16.4. The lowest BCUT2D eigenvalue weighted by Crippen LogP contribution is -2.47. The molecule has 1 aliphatic heterocycles. The molecule has 1 aliphatic rings. The summed E-state index contributed by atoms with van der Waals surface area (Å²) >= 11 is 8.65. The van der Waals surface area contributed by atoms with Crippen LogP contribution in [0.3, 0.4) is 0 Å². The number of aromatic nitrogens is 2. The molecule has 1 unspecified atom stereocenters. The Hall–Kier alpha value is -1.39. The van der Waals surface area contributed by atoms with Gasteiger partial charge >= 0.3 is 0 Å². The van der Waals surface area contributed by atoms with Crippen molar-refractivity contribution >= 4 is 45.7 Å². The van der Waals surface area contributed by atoms with Crippen LogP contribution in [0.15, 0.2) is 28.6 Å². The molecule has 1 aromatic carbocycles. The van der Waals surface area contributed by atoms with Crippen molar-refractivity contribution < 1.29 is 9.53 Å². The number of nitrogens with two attached hydrogens (primary N) is 1. The molecule has 0 spiro atoms. The Morgan fingerprint density at radius 3 is 3.15 bits per heavy atom. The number of halogens is 1. The van der Waals surface area contributed by atoms with Crippen LogP contribution in [0, 0.1) is 0 Å². The highest BCUT2D eigenvalue weighted by Crippen LogP contribution is 2.23. The van der Waals surface area contributed by atoms with Gasteiger partial charge in [-0.15, -0.1) is 10.2 Å². The maximum Gasteiger partial charge on any atom is 0.230 e. The second-order valence-electron chi connectivity index (χ2n) is 5.86. The fourth-order valence-electron chi connectivity index (χ4n) is 2.63. The second kappa shape index (κ2) is 9.52. The van der Waals surface area contributed by atoms with Gasteiger partial charge in [-0.25, -0.2) is 0 Å². The molecule has 140 valence electrons. The van der Waals surface area contributed by atoms with E-state index in [1.54, 1.807) is 0 Å². The molecule has 7 nitrogen and oxygen atoms in total. The van der Waals surface area contributed by atoms with Crippen molar-refractivity contribution in [2.45, 2.75) is 17.0 Å². The Bertz CT molecular complexity index is 745. The summed E-state index contributed by atoms with van der Waals surface area (Å²) in [6, 6.07) is 7.87. The molecule has 26 heavy (non-hydrogen) atoms. The van der Waals surface area contributed by atoms with Crippen LogP contribution >= 0.6 is 34.7 Å². The molecule has 10 heteroatoms. The van der Waals surface area contributed by atoms with Crippen LogP contribution in [0.4, 0.5) is 5.13 Å². The second-order valence-corrected chi connectivity index (χ2v) is 8.52. The number of nitrogens with one attached hydrogen (secondary N) is 1. The van der Waals surface area contributed by atoms with Crippen LogP contribution in [0.5, 0.6) is 0 Å². The van der Waals surface area contributed by atoms with Gasteiger partial charge in [0.1, 0.15) is 0 Å². The Morgan fingerprint density at radius 1 is 1.50 bits per heavy atom. The highest BCUT2D eigenvalue weighted by molar-refractivity contribution is 8.01. The van der Waals surface area contributed by atoms with Crippen molar-refractivity contribution in [2.75, 3.05) is 37.7 Å². The number of carbonyl (C=O) groups is 1. The van der Waals surface area contributed by atoms with E-state index in [1.807, 2.05) is 18.2 Å². The number of morpholine rings is 1. The Labute approximate surface area is 165 Å². The third-order valence-electron chi connectivity index (χ3n) is 3.79. The van der Waals surface area contributed by atoms with Gasteiger partial charge in [0, 0.05) is 31.2 Å². The van der Waals surface area contributed by atoms with E-state index in [4.69, 9.17) is 22.1 Å². The SMILES string of the molecule is Nc1nnc(SCC(=O)NCC2CN(Cc3cccc(Cl)c3)CCO2)s1. The number of nitrogen functional groups attached to an aromatic ring is 1. The van der Waals surface area contributed by atoms with Gasteiger partial charge in [-0.2, -0.15) is 0 Å². The normalized spacial score (nSPS) is 18.0. The van der Waals surface area contributed by atoms with Gasteiger partial charge in [0.25, 0.3) is 0 Å². The first-order valence-electron chi connectivity index (χ1n) is 8.15. The van der Waals surface area contributed by atoms with E-state index in [2.05, 4.69) is 26.5 Å². The Balaban J connectivity index is 1.39. The number of ether oxygens (including phenoxy) is 1. The highest BCUT2D eigenvalue weighted by Gasteiger charge is 2.21. The topological polar surface area (TPSA) is 93.4 Å². The fourth-order valence-corrected chi connectivity index (χ4v) is 4.30. The molecule has 3 rings (SSSR count). The number of anilines is 1. The van der Waals surface area contributed by atoms with Gasteiger partial charge < -0.3 is 15.8 Å². The highest BCUT2D eigenvalue weighted by atomic mass is 35.5. The molecule has 0 bridgehead atoms. The lowest BCUT2D eigenvalue weighted by Gasteiger charge is -2.33. The average molecular weight is 414 g/mol. The van der Waals surface area contributed by atoms with Gasteiger partial charge in [0.15, 0.2) is 4.34 Å². The van der Waals surface area contributed by atoms with Crippen LogP contribution in [-0.2, 0) is 16.1 Å². The third kappa shape index (κ3) is 6.10. The minimum atomic E-state index is -0.0562. The van der Waals surface area contributed by atoms with Crippen molar-refractivity contribution in [1.82, 2.24) is 20.4 Å². The Kier molecular flexibility index (Phi) is 7.09. The van der Waals surface area contributed by atoms with Crippen LogP contribution in [-0.4, -0.2) is 59.1 Å². The van der Waals surface area contributed by atoms with Gasteiger partial charge in [-0.05, 0) is 17.7 Å². The minimum Gasteiger partial charge on any atom is -0.374 e. The molecule has 1 aromatic heterocycles. The van der Waals surface area contributed by atoms with E-state index < -0.39 is 0 Å². The summed E-state index contributed by atoms with van der Waals surface area (Å²) in [5, 5.41) is 11.7. The molecular weight excluding hydrogens is 394 g/mol. The van der Waals surface area contributed by atoms with Crippen LogP contribution < -0.4 is 11.1 Å². The molecule has 1 atom stereocenters. The number of hydrogen-bond acceptors (Lipinski definition) is 8. The molecule has 3 N–H and O–H groups in total. The first-order valence-corrected chi connectivity index (χ1v) is 10.3. The number of amides is 1. The lowest BCUT2D eigenvalue weighted by molar-refractivity contribution is -0.119. The molecular formula is C16H20ClN5O2S2. The number of thioether (sulfide) groups is 1. The predicted molar refractivity (Wildman–Crippen MR) is 105 cm³/mol. The molecule has 0 aliphatic carbocycles. The number of nitrogens with zero attached hydrogens (tertiary/aromatic N) is 3. The first kappa shape index (κ1) is 19.4. The standard InChI is InChI=1S/C16H20ClN5O2S2/c17-12-3-1-2-11(6-12)8-22-4-5-24-13(9-22)7-19-14(23)10-25-16-21-20-15(18)26-16/h1-3,6,13H,4-5,7-10H2,(H2,18,20)(H,19,23). The van der Waals surface area contributed by atoms with Crippen LogP contribution in [0.1, 0.15) is 5.56 Å². The van der Waals surface area contributed by atoms with Crippen molar-refractivity contribution in [2.24, 2.45) is 0 Å². The van der Waals surface area contributed by atoms with E-state index in [1.165, 1.54) is 28.7 Å². The Morgan fingerprint density at radius 2 is 2.38 bits per heavy atom. The smallest absolute Gasteiger partial charge is 0.230 e. The van der Waals surface area contributed by atoms with Crippen molar-refractivity contribution in [3.8, 4) is 0 Å². The molecule has 0 radical (unpaired) electrons. The van der Waals surface area contributed by atoms with Crippen molar-refractivity contribution in [1.29, 1.82) is 0 Å². The monoisotopic (exact) mass is 413 g/mol. The van der Waals surface area contributed by atoms with Crippen LogP contribution in [0.2, 0.25) is 5.02 Å². The summed E-state index contributed by atoms with van der Waals surface area (Å²) in [7, 11) is 0. The maximum atomic E-state index is 12.0. The summed E-state index contributed by atoms with van der Waals surface area (Å²) in [4.78, 5) is 14.3. The first-order chi connectivity index (χ1) is 12.6. The fraction of sp³-hybridized carbons (Fsp3) is 0.438. The van der Waals surface area contributed by atoms with Gasteiger partial charge in [-0.1, -0.05) is 46.8 Å². The number of hydrogen-bond donors (Lipinski definition) is 2. The molecule has 0 saturated carbocycles. The molecule has 1 fully saturated rings. The molecule has 2 heterocycles. The number of carbonyl (C=O) groups excluding carboxylic acids is 1. The zero-order chi connectivity index (χ0) is 18.4. The van der Waals surface area contributed by atoms with E-state index >= 15 is 0 Å². The summed E-state index contributed by atoms with van der Waals surface area (Å²) < 4.78 is 6.45. The average Bonchev–Trinajstić information content (AvgIpc) is 3.04. The van der Waals surface area contributed by atoms with E-state index in [9.17, 15) is 4.79 Å². The maximum absolute atomic E-state index is 12.0. The lowest BCUT2D eigenvalue weighted by atomic mass is 10.2. The van der Waals surface area contributed by atoms with Gasteiger partial charge in [0.05, 0.1) is 18.5 Å². The third-order valence-corrected chi connectivity index (χ3v) is 5.91. The van der Waals surface area contributed by atoms with Crippen molar-refractivity contribution in [3.63, 3.8) is 0 Å². The molecule has 1 amide bonds. The number of benzene rings is 1. The summed E-state index contributed by atoms with van der Waals surface area (Å²) in [6.45, 7) is 3.60.